The molecule has 1 saturated heterocycles. The van der Waals surface area contributed by atoms with E-state index >= 15 is 0 Å². The van der Waals surface area contributed by atoms with Gasteiger partial charge < -0.3 is 0 Å². The Morgan fingerprint density at radius 3 is 2.38 bits per heavy atom. The van der Waals surface area contributed by atoms with Crippen LogP contribution in [0.15, 0.2) is 62.9 Å². The molecule has 0 aliphatic carbocycles. The lowest BCUT2D eigenvalue weighted by atomic mass is 10.2. The fourth-order valence-electron chi connectivity index (χ4n) is 2.56. The van der Waals surface area contributed by atoms with E-state index in [0.717, 1.165) is 20.9 Å². The molecule has 0 aromatic heterocycles. The third-order valence-electron chi connectivity index (χ3n) is 3.86. The van der Waals surface area contributed by atoms with Crippen LogP contribution in [0.25, 0.3) is 6.08 Å². The molecule has 0 unspecified atom stereocenters. The van der Waals surface area contributed by atoms with Gasteiger partial charge in [-0.05, 0) is 60.5 Å². The van der Waals surface area contributed by atoms with Crippen LogP contribution < -0.4 is 0 Å². The van der Waals surface area contributed by atoms with Crippen molar-refractivity contribution in [2.75, 3.05) is 6.54 Å². The highest BCUT2D eigenvalue weighted by Gasteiger charge is 2.33. The summed E-state index contributed by atoms with van der Waals surface area (Å²) in [5.41, 5.74) is 3.06. The van der Waals surface area contributed by atoms with Gasteiger partial charge in [0.15, 0.2) is 5.17 Å². The molecule has 1 aliphatic heterocycles. The number of hydrogen-bond donors (Lipinski definition) is 0. The van der Waals surface area contributed by atoms with E-state index in [1.165, 1.54) is 17.3 Å². The smallest absolute Gasteiger partial charge is 0.266 e. The molecule has 0 bridgehead atoms. The van der Waals surface area contributed by atoms with Gasteiger partial charge in [0.05, 0.1) is 10.6 Å². The first-order valence-corrected chi connectivity index (χ1v) is 10.2. The highest BCUT2D eigenvalue weighted by atomic mass is 79.9. The molecule has 26 heavy (non-hydrogen) atoms. The van der Waals surface area contributed by atoms with Crippen LogP contribution in [0, 0.1) is 12.8 Å². The second-order valence-electron chi connectivity index (χ2n) is 6.70. The molecule has 1 fully saturated rings. The minimum Gasteiger partial charge on any atom is -0.286 e. The molecule has 3 nitrogen and oxygen atoms in total. The first kappa shape index (κ1) is 18.9. The SMILES string of the molecule is Cc1ccc(N=C2S/C(=C/c3ccc(Br)cc3)C(=O)N2CC(C)C)cc1. The van der Waals surface area contributed by atoms with Crippen LogP contribution >= 0.6 is 27.7 Å². The largest absolute Gasteiger partial charge is 0.286 e. The minimum atomic E-state index is 0.0254. The summed E-state index contributed by atoms with van der Waals surface area (Å²) in [7, 11) is 0. The van der Waals surface area contributed by atoms with Gasteiger partial charge in [0.2, 0.25) is 0 Å². The van der Waals surface area contributed by atoms with Gasteiger partial charge in [-0.25, -0.2) is 4.99 Å². The van der Waals surface area contributed by atoms with Crippen molar-refractivity contribution in [1.29, 1.82) is 0 Å². The first-order chi connectivity index (χ1) is 12.4. The quantitative estimate of drug-likeness (QED) is 0.557. The molecule has 1 amide bonds. The summed E-state index contributed by atoms with van der Waals surface area (Å²) in [5, 5.41) is 0.746. The number of aryl methyl sites for hydroxylation is 1. The van der Waals surface area contributed by atoms with E-state index in [-0.39, 0.29) is 5.91 Å². The molecule has 0 N–H and O–H groups in total. The summed E-state index contributed by atoms with van der Waals surface area (Å²) in [6.45, 7) is 6.93. The van der Waals surface area contributed by atoms with E-state index in [1.807, 2.05) is 54.6 Å². The lowest BCUT2D eigenvalue weighted by Gasteiger charge is -2.17. The van der Waals surface area contributed by atoms with E-state index in [2.05, 4.69) is 36.7 Å². The average molecular weight is 429 g/mol. The van der Waals surface area contributed by atoms with Crippen LogP contribution in [0.3, 0.4) is 0 Å². The van der Waals surface area contributed by atoms with Crippen molar-refractivity contribution in [2.24, 2.45) is 10.9 Å². The third kappa shape index (κ3) is 4.65. The van der Waals surface area contributed by atoms with E-state index < -0.39 is 0 Å². The second kappa shape index (κ2) is 8.23. The van der Waals surface area contributed by atoms with Crippen LogP contribution in [0.4, 0.5) is 5.69 Å². The molecule has 134 valence electrons. The van der Waals surface area contributed by atoms with Gasteiger partial charge in [0, 0.05) is 11.0 Å². The van der Waals surface area contributed by atoms with Gasteiger partial charge in [0.25, 0.3) is 5.91 Å². The van der Waals surface area contributed by atoms with E-state index in [0.29, 0.717) is 17.4 Å². The fraction of sp³-hybridized carbons (Fsp3) is 0.238. The van der Waals surface area contributed by atoms with Crippen molar-refractivity contribution in [1.82, 2.24) is 4.90 Å². The highest BCUT2D eigenvalue weighted by Crippen LogP contribution is 2.34. The van der Waals surface area contributed by atoms with Crippen molar-refractivity contribution in [2.45, 2.75) is 20.8 Å². The third-order valence-corrected chi connectivity index (χ3v) is 5.40. The van der Waals surface area contributed by atoms with Crippen LogP contribution in [0.2, 0.25) is 0 Å². The van der Waals surface area contributed by atoms with Gasteiger partial charge in [-0.15, -0.1) is 0 Å². The fourth-order valence-corrected chi connectivity index (χ4v) is 3.83. The standard InChI is InChI=1S/C21H21BrN2OS/c1-14(2)13-24-20(25)19(12-16-6-8-17(22)9-7-16)26-21(24)23-18-10-4-15(3)5-11-18/h4-12,14H,13H2,1-3H3/b19-12+,23-21?. The normalized spacial score (nSPS) is 17.7. The summed E-state index contributed by atoms with van der Waals surface area (Å²) < 4.78 is 1.02. The zero-order valence-electron chi connectivity index (χ0n) is 15.1. The summed E-state index contributed by atoms with van der Waals surface area (Å²) in [6.07, 6.45) is 1.93. The minimum absolute atomic E-state index is 0.0254. The number of carbonyl (C=O) groups excluding carboxylic acids is 1. The Bertz CT molecular complexity index is 855. The zero-order chi connectivity index (χ0) is 18.7. The maximum Gasteiger partial charge on any atom is 0.266 e. The molecule has 3 rings (SSSR count). The monoisotopic (exact) mass is 428 g/mol. The predicted octanol–water partition coefficient (Wildman–Crippen LogP) is 6.02. The summed E-state index contributed by atoms with van der Waals surface area (Å²) in [6, 6.07) is 16.0. The topological polar surface area (TPSA) is 32.7 Å². The Kier molecular flexibility index (Phi) is 5.99. The Morgan fingerprint density at radius 1 is 1.12 bits per heavy atom. The molecule has 0 spiro atoms. The van der Waals surface area contributed by atoms with Gasteiger partial charge in [0.1, 0.15) is 0 Å². The lowest BCUT2D eigenvalue weighted by molar-refractivity contribution is -0.122. The highest BCUT2D eigenvalue weighted by molar-refractivity contribution is 9.10. The summed E-state index contributed by atoms with van der Waals surface area (Å²) >= 11 is 4.88. The molecule has 2 aromatic carbocycles. The second-order valence-corrected chi connectivity index (χ2v) is 8.63. The van der Waals surface area contributed by atoms with Crippen LogP contribution in [-0.4, -0.2) is 22.5 Å². The number of amidine groups is 1. The van der Waals surface area contributed by atoms with Crippen LogP contribution in [-0.2, 0) is 4.79 Å². The number of carbonyl (C=O) groups is 1. The molecule has 0 atom stereocenters. The van der Waals surface area contributed by atoms with Gasteiger partial charge >= 0.3 is 0 Å². The van der Waals surface area contributed by atoms with Crippen molar-refractivity contribution >= 4 is 50.5 Å². The van der Waals surface area contributed by atoms with Crippen molar-refractivity contribution in [3.63, 3.8) is 0 Å². The number of halogens is 1. The Labute approximate surface area is 167 Å². The Balaban J connectivity index is 1.93. The van der Waals surface area contributed by atoms with Crippen molar-refractivity contribution in [3.8, 4) is 0 Å². The Morgan fingerprint density at radius 2 is 1.77 bits per heavy atom. The number of nitrogens with zero attached hydrogens (tertiary/aromatic N) is 2. The van der Waals surface area contributed by atoms with Crippen LogP contribution in [0.5, 0.6) is 0 Å². The average Bonchev–Trinajstić information content (AvgIpc) is 2.87. The molecule has 1 heterocycles. The van der Waals surface area contributed by atoms with Crippen molar-refractivity contribution < 1.29 is 4.79 Å². The van der Waals surface area contributed by atoms with Gasteiger partial charge in [-0.1, -0.05) is 59.6 Å². The number of amides is 1. The first-order valence-electron chi connectivity index (χ1n) is 8.55. The number of rotatable bonds is 4. The maximum atomic E-state index is 12.9. The molecule has 1 aliphatic rings. The maximum absolute atomic E-state index is 12.9. The molecule has 5 heteroatoms. The van der Waals surface area contributed by atoms with Crippen LogP contribution in [0.1, 0.15) is 25.0 Å². The number of hydrogen-bond acceptors (Lipinski definition) is 3. The molecule has 2 aromatic rings. The lowest BCUT2D eigenvalue weighted by Crippen LogP contribution is -2.32. The predicted molar refractivity (Wildman–Crippen MR) is 115 cm³/mol. The molecule has 0 radical (unpaired) electrons. The van der Waals surface area contributed by atoms with Gasteiger partial charge in [-0.2, -0.15) is 0 Å². The van der Waals surface area contributed by atoms with Crippen molar-refractivity contribution in [3.05, 3.63) is 69.0 Å². The summed E-state index contributed by atoms with van der Waals surface area (Å²) in [5.74, 6) is 0.396. The van der Waals surface area contributed by atoms with E-state index in [4.69, 9.17) is 4.99 Å². The van der Waals surface area contributed by atoms with Gasteiger partial charge in [-0.3, -0.25) is 9.69 Å². The number of aliphatic imine (C=N–C) groups is 1. The molecular formula is C21H21BrN2OS. The molecule has 0 saturated carbocycles. The Hall–Kier alpha value is -1.85. The number of thioether (sulfide) groups is 1. The van der Waals surface area contributed by atoms with E-state index in [9.17, 15) is 4.79 Å². The number of benzene rings is 2. The zero-order valence-corrected chi connectivity index (χ0v) is 17.5. The molecular weight excluding hydrogens is 408 g/mol. The summed E-state index contributed by atoms with van der Waals surface area (Å²) in [4.78, 5) is 20.1. The van der Waals surface area contributed by atoms with E-state index in [1.54, 1.807) is 4.90 Å².